The summed E-state index contributed by atoms with van der Waals surface area (Å²) < 4.78 is 24.1. The zero-order valence-electron chi connectivity index (χ0n) is 12.2. The molecule has 2 aromatic rings. The molecule has 0 bridgehead atoms. The third-order valence-electron chi connectivity index (χ3n) is 3.03. The molecule has 1 heterocycles. The van der Waals surface area contributed by atoms with Gasteiger partial charge in [0.1, 0.15) is 0 Å². The van der Waals surface area contributed by atoms with Crippen LogP contribution in [0, 0.1) is 0 Å². The van der Waals surface area contributed by atoms with Crippen LogP contribution in [0.5, 0.6) is 0 Å². The van der Waals surface area contributed by atoms with Crippen molar-refractivity contribution in [2.75, 3.05) is 6.26 Å². The van der Waals surface area contributed by atoms with E-state index in [9.17, 15) is 13.2 Å². The Morgan fingerprint density at radius 1 is 1.10 bits per heavy atom. The second-order valence-electron chi connectivity index (χ2n) is 4.73. The van der Waals surface area contributed by atoms with Crippen molar-refractivity contribution >= 4 is 27.0 Å². The number of rotatable bonds is 4. The summed E-state index contributed by atoms with van der Waals surface area (Å²) >= 11 is 0. The number of fused-ring (bicyclic) bond motifs is 1. The van der Waals surface area contributed by atoms with Gasteiger partial charge in [0.05, 0.1) is 28.7 Å². The first-order valence-corrected chi connectivity index (χ1v) is 8.55. The second-order valence-corrected chi connectivity index (χ2v) is 6.48. The first-order valence-electron chi connectivity index (χ1n) is 6.65. The van der Waals surface area contributed by atoms with Gasteiger partial charge in [0.2, 0.25) is 10.0 Å². The van der Waals surface area contributed by atoms with Crippen molar-refractivity contribution in [2.45, 2.75) is 26.7 Å². The van der Waals surface area contributed by atoms with E-state index in [0.29, 0.717) is 11.0 Å². The fraction of sp³-hybridized carbons (Fsp3) is 0.357. The third-order valence-corrected chi connectivity index (χ3v) is 3.59. The minimum Gasteiger partial charge on any atom is -0.268 e. The number of nitrogens with zero attached hydrogens (tertiary/aromatic N) is 2. The summed E-state index contributed by atoms with van der Waals surface area (Å²) in [5.74, 6) is -0.668. The molecular weight excluding hydrogens is 290 g/mol. The van der Waals surface area contributed by atoms with Gasteiger partial charge >= 0.3 is 0 Å². The number of hydrogen-bond acceptors (Lipinski definition) is 5. The standard InChI is InChI=1S/C14H17N3O3S/c1-4-10-11(5-2)16-13-8-9(6-7-12(13)15-10)14(18)17-21(3,19)20/h6-8H,4-5H2,1-3H3,(H,17,18). The Morgan fingerprint density at radius 3 is 2.19 bits per heavy atom. The molecule has 0 saturated carbocycles. The molecule has 112 valence electrons. The van der Waals surface area contributed by atoms with Gasteiger partial charge in [0, 0.05) is 5.56 Å². The number of aromatic nitrogens is 2. The van der Waals surface area contributed by atoms with Crippen molar-refractivity contribution in [3.05, 3.63) is 35.2 Å². The van der Waals surface area contributed by atoms with E-state index < -0.39 is 15.9 Å². The molecule has 0 unspecified atom stereocenters. The molecule has 1 aromatic heterocycles. The lowest BCUT2D eigenvalue weighted by Gasteiger charge is -2.08. The smallest absolute Gasteiger partial charge is 0.264 e. The summed E-state index contributed by atoms with van der Waals surface area (Å²) in [5.41, 5.74) is 3.36. The van der Waals surface area contributed by atoms with E-state index in [1.54, 1.807) is 18.2 Å². The van der Waals surface area contributed by atoms with E-state index >= 15 is 0 Å². The molecule has 0 spiro atoms. The first-order chi connectivity index (χ1) is 9.84. The molecule has 1 aromatic carbocycles. The lowest BCUT2D eigenvalue weighted by Crippen LogP contribution is -2.29. The van der Waals surface area contributed by atoms with E-state index in [4.69, 9.17) is 0 Å². The van der Waals surface area contributed by atoms with Gasteiger partial charge < -0.3 is 0 Å². The quantitative estimate of drug-likeness (QED) is 0.923. The van der Waals surface area contributed by atoms with Gasteiger partial charge in [0.25, 0.3) is 5.91 Å². The van der Waals surface area contributed by atoms with Gasteiger partial charge in [0.15, 0.2) is 0 Å². The van der Waals surface area contributed by atoms with Crippen LogP contribution in [0.3, 0.4) is 0 Å². The van der Waals surface area contributed by atoms with Gasteiger partial charge in [-0.15, -0.1) is 0 Å². The van der Waals surface area contributed by atoms with Crippen molar-refractivity contribution in [2.24, 2.45) is 0 Å². The fourth-order valence-corrected chi connectivity index (χ4v) is 2.52. The molecule has 21 heavy (non-hydrogen) atoms. The summed E-state index contributed by atoms with van der Waals surface area (Å²) in [7, 11) is -3.58. The summed E-state index contributed by atoms with van der Waals surface area (Å²) in [6.45, 7) is 4.01. The number of benzene rings is 1. The molecule has 6 nitrogen and oxygen atoms in total. The predicted molar refractivity (Wildman–Crippen MR) is 80.6 cm³/mol. The summed E-state index contributed by atoms with van der Waals surface area (Å²) in [4.78, 5) is 20.9. The number of carbonyl (C=O) groups is 1. The maximum absolute atomic E-state index is 11.8. The topological polar surface area (TPSA) is 89.0 Å². The van der Waals surface area contributed by atoms with Crippen LogP contribution in [-0.4, -0.2) is 30.5 Å². The molecule has 1 amide bonds. The summed E-state index contributed by atoms with van der Waals surface area (Å²) in [6.07, 6.45) is 2.49. The number of aryl methyl sites for hydroxylation is 2. The largest absolute Gasteiger partial charge is 0.268 e. The Kier molecular flexibility index (Phi) is 4.22. The van der Waals surface area contributed by atoms with E-state index in [1.807, 2.05) is 18.6 Å². The second kappa shape index (κ2) is 5.77. The fourth-order valence-electron chi connectivity index (χ4n) is 2.06. The number of sulfonamides is 1. The molecule has 0 atom stereocenters. The maximum atomic E-state index is 11.8. The van der Waals surface area contributed by atoms with Gasteiger partial charge in [-0.25, -0.2) is 23.1 Å². The Hall–Kier alpha value is -2.02. The lowest BCUT2D eigenvalue weighted by atomic mass is 10.1. The number of amides is 1. The van der Waals surface area contributed by atoms with Gasteiger partial charge in [-0.05, 0) is 31.0 Å². The number of nitrogens with one attached hydrogen (secondary N) is 1. The van der Waals surface area contributed by atoms with Gasteiger partial charge in [-0.2, -0.15) is 0 Å². The van der Waals surface area contributed by atoms with Gasteiger partial charge in [-0.1, -0.05) is 13.8 Å². The minimum absolute atomic E-state index is 0.244. The number of carbonyl (C=O) groups excluding carboxylic acids is 1. The normalized spacial score (nSPS) is 11.6. The highest BCUT2D eigenvalue weighted by Gasteiger charge is 2.13. The van der Waals surface area contributed by atoms with Crippen LogP contribution in [0.25, 0.3) is 11.0 Å². The van der Waals surface area contributed by atoms with E-state index in [1.165, 1.54) is 0 Å². The van der Waals surface area contributed by atoms with Crippen LogP contribution in [0.2, 0.25) is 0 Å². The predicted octanol–water partition coefficient (Wildman–Crippen LogP) is 1.44. The van der Waals surface area contributed by atoms with E-state index in [2.05, 4.69) is 9.97 Å². The average Bonchev–Trinajstić information content (AvgIpc) is 2.43. The van der Waals surface area contributed by atoms with Crippen LogP contribution in [0.15, 0.2) is 18.2 Å². The zero-order chi connectivity index (χ0) is 15.6. The Bertz CT molecular complexity index is 800. The minimum atomic E-state index is -3.58. The molecule has 0 fully saturated rings. The molecule has 0 radical (unpaired) electrons. The number of hydrogen-bond donors (Lipinski definition) is 1. The van der Waals surface area contributed by atoms with Crippen molar-refractivity contribution in [1.82, 2.24) is 14.7 Å². The Labute approximate surface area is 123 Å². The highest BCUT2D eigenvalue weighted by Crippen LogP contribution is 2.16. The molecule has 0 aliphatic heterocycles. The molecular formula is C14H17N3O3S. The van der Waals surface area contributed by atoms with Crippen LogP contribution in [0.1, 0.15) is 35.6 Å². The van der Waals surface area contributed by atoms with Crippen LogP contribution in [0.4, 0.5) is 0 Å². The van der Waals surface area contributed by atoms with Crippen LogP contribution in [-0.2, 0) is 22.9 Å². The average molecular weight is 307 g/mol. The summed E-state index contributed by atoms with van der Waals surface area (Å²) in [5, 5.41) is 0. The van der Waals surface area contributed by atoms with Gasteiger partial charge in [-0.3, -0.25) is 4.79 Å². The van der Waals surface area contributed by atoms with Crippen molar-refractivity contribution in [3.8, 4) is 0 Å². The summed E-state index contributed by atoms with van der Waals surface area (Å²) in [6, 6.07) is 4.78. The van der Waals surface area contributed by atoms with Crippen LogP contribution >= 0.6 is 0 Å². The third kappa shape index (κ3) is 3.55. The molecule has 0 saturated heterocycles. The van der Waals surface area contributed by atoms with Crippen molar-refractivity contribution in [3.63, 3.8) is 0 Å². The lowest BCUT2D eigenvalue weighted by molar-refractivity contribution is 0.0982. The zero-order valence-corrected chi connectivity index (χ0v) is 13.0. The molecule has 1 N–H and O–H groups in total. The molecule has 0 aliphatic carbocycles. The van der Waals surface area contributed by atoms with E-state index in [-0.39, 0.29) is 5.56 Å². The Morgan fingerprint density at radius 2 is 1.67 bits per heavy atom. The van der Waals surface area contributed by atoms with Crippen LogP contribution < -0.4 is 4.72 Å². The highest BCUT2D eigenvalue weighted by molar-refractivity contribution is 7.89. The van der Waals surface area contributed by atoms with E-state index in [0.717, 1.165) is 30.5 Å². The molecule has 0 aliphatic rings. The van der Waals surface area contributed by atoms with Crippen molar-refractivity contribution in [1.29, 1.82) is 0 Å². The monoisotopic (exact) mass is 307 g/mol. The SMILES string of the molecule is CCc1nc2ccc(C(=O)NS(C)(=O)=O)cc2nc1CC. The maximum Gasteiger partial charge on any atom is 0.264 e. The van der Waals surface area contributed by atoms with Crippen molar-refractivity contribution < 1.29 is 13.2 Å². The highest BCUT2D eigenvalue weighted by atomic mass is 32.2. The Balaban J connectivity index is 2.48. The molecule has 7 heteroatoms. The first kappa shape index (κ1) is 15.4. The molecule has 2 rings (SSSR count).